The summed E-state index contributed by atoms with van der Waals surface area (Å²) in [5, 5.41) is 9.67. The van der Waals surface area contributed by atoms with Crippen LogP contribution < -0.4 is 5.73 Å². The normalized spacial score (nSPS) is 25.9. The van der Waals surface area contributed by atoms with Crippen molar-refractivity contribution in [3.05, 3.63) is 17.8 Å². The molecule has 1 aromatic rings. The van der Waals surface area contributed by atoms with E-state index in [9.17, 15) is 5.11 Å². The molecular weight excluding hydrogens is 140 g/mol. The second-order valence-electron chi connectivity index (χ2n) is 3.66. The first-order chi connectivity index (χ1) is 5.03. The van der Waals surface area contributed by atoms with Crippen LogP contribution in [0.1, 0.15) is 25.6 Å². The Morgan fingerprint density at radius 1 is 1.64 bits per heavy atom. The summed E-state index contributed by atoms with van der Waals surface area (Å²) in [5.41, 5.74) is 6.56. The predicted molar refractivity (Wildman–Crippen MR) is 43.1 cm³/mol. The summed E-state index contributed by atoms with van der Waals surface area (Å²) in [5.74, 6) is 0.645. The molecule has 0 radical (unpaired) electrons. The zero-order valence-electron chi connectivity index (χ0n) is 6.70. The van der Waals surface area contributed by atoms with E-state index in [2.05, 4.69) is 0 Å². The number of anilines is 1. The molecule has 1 aromatic heterocycles. The van der Waals surface area contributed by atoms with Gasteiger partial charge >= 0.3 is 0 Å². The number of hydrogen-bond donors (Lipinski definition) is 2. The van der Waals surface area contributed by atoms with Crippen LogP contribution in [0.5, 0.6) is 0 Å². The molecule has 2 rings (SSSR count). The van der Waals surface area contributed by atoms with Gasteiger partial charge in [0.1, 0.15) is 12.0 Å². The van der Waals surface area contributed by atoms with E-state index < -0.39 is 6.23 Å². The van der Waals surface area contributed by atoms with Crippen LogP contribution in [0.4, 0.5) is 5.82 Å². The minimum atomic E-state index is -0.484. The highest BCUT2D eigenvalue weighted by molar-refractivity contribution is 5.44. The van der Waals surface area contributed by atoms with Crippen LogP contribution >= 0.6 is 0 Å². The van der Waals surface area contributed by atoms with E-state index in [1.165, 1.54) is 0 Å². The maximum Gasteiger partial charge on any atom is 0.141 e. The lowest BCUT2D eigenvalue weighted by Crippen LogP contribution is -2.28. The van der Waals surface area contributed by atoms with Crippen LogP contribution in [0.25, 0.3) is 0 Å². The number of nitrogen functional groups attached to an aromatic ring is 1. The quantitative estimate of drug-likeness (QED) is 0.579. The monoisotopic (exact) mass is 152 g/mol. The van der Waals surface area contributed by atoms with Gasteiger partial charge in [-0.3, -0.25) is 0 Å². The predicted octanol–water partition coefficient (Wildman–Crippen LogP) is 0.852. The summed E-state index contributed by atoms with van der Waals surface area (Å²) < 4.78 is 1.70. The molecule has 1 aliphatic rings. The molecule has 1 aliphatic heterocycles. The van der Waals surface area contributed by atoms with Crippen molar-refractivity contribution in [3.8, 4) is 0 Å². The van der Waals surface area contributed by atoms with Gasteiger partial charge in [-0.1, -0.05) is 13.8 Å². The van der Waals surface area contributed by atoms with Crippen LogP contribution in [0.3, 0.4) is 0 Å². The summed E-state index contributed by atoms with van der Waals surface area (Å²) in [4.78, 5) is 0. The largest absolute Gasteiger partial charge is 0.385 e. The van der Waals surface area contributed by atoms with Crippen molar-refractivity contribution >= 4 is 5.82 Å². The molecule has 0 aliphatic carbocycles. The average Bonchev–Trinajstić information content (AvgIpc) is 2.36. The zero-order chi connectivity index (χ0) is 8.22. The second-order valence-corrected chi connectivity index (χ2v) is 3.66. The van der Waals surface area contributed by atoms with E-state index in [-0.39, 0.29) is 5.41 Å². The molecule has 3 heteroatoms. The molecule has 0 spiro atoms. The molecule has 0 saturated carbocycles. The first kappa shape index (κ1) is 6.73. The molecule has 0 saturated heterocycles. The fraction of sp³-hybridized carbons (Fsp3) is 0.500. The number of aliphatic hydroxyl groups excluding tert-OH is 1. The molecule has 3 nitrogen and oxygen atoms in total. The highest BCUT2D eigenvalue weighted by atomic mass is 16.3. The van der Waals surface area contributed by atoms with Gasteiger partial charge in [-0.25, -0.2) is 0 Å². The SMILES string of the molecule is CC1(C)c2cc(N)n(c2)C1O. The fourth-order valence-corrected chi connectivity index (χ4v) is 1.56. The average molecular weight is 152 g/mol. The highest BCUT2D eigenvalue weighted by Gasteiger charge is 2.39. The summed E-state index contributed by atoms with van der Waals surface area (Å²) in [7, 11) is 0. The first-order valence-corrected chi connectivity index (χ1v) is 3.69. The van der Waals surface area contributed by atoms with E-state index in [1.54, 1.807) is 4.57 Å². The summed E-state index contributed by atoms with van der Waals surface area (Å²) in [6.07, 6.45) is 1.42. The van der Waals surface area contributed by atoms with E-state index in [4.69, 9.17) is 5.73 Å². The van der Waals surface area contributed by atoms with Crippen LogP contribution in [-0.4, -0.2) is 9.67 Å². The van der Waals surface area contributed by atoms with Gasteiger partial charge in [0.15, 0.2) is 0 Å². The Labute approximate surface area is 65.4 Å². The molecule has 0 fully saturated rings. The molecule has 0 aromatic carbocycles. The summed E-state index contributed by atoms with van der Waals surface area (Å²) in [6.45, 7) is 4.01. The molecule has 2 bridgehead atoms. The molecule has 2 heterocycles. The Bertz CT molecular complexity index is 301. The minimum Gasteiger partial charge on any atom is -0.385 e. The third kappa shape index (κ3) is 0.613. The molecular formula is C8H12N2O. The van der Waals surface area contributed by atoms with E-state index in [0.29, 0.717) is 5.82 Å². The third-order valence-electron chi connectivity index (χ3n) is 2.53. The number of aliphatic hydroxyl groups is 1. The van der Waals surface area contributed by atoms with Gasteiger partial charge in [0.25, 0.3) is 0 Å². The molecule has 1 unspecified atom stereocenters. The molecule has 1 atom stereocenters. The molecule has 60 valence electrons. The van der Waals surface area contributed by atoms with Crippen LogP contribution in [-0.2, 0) is 5.41 Å². The standard InChI is InChI=1S/C8H12N2O/c1-8(2)5-3-6(9)10(4-5)7(8)11/h3-4,7,11H,9H2,1-2H3. The second kappa shape index (κ2) is 1.61. The van der Waals surface area contributed by atoms with Crippen molar-refractivity contribution in [1.29, 1.82) is 0 Å². The van der Waals surface area contributed by atoms with Crippen molar-refractivity contribution in [3.63, 3.8) is 0 Å². The smallest absolute Gasteiger partial charge is 0.141 e. The van der Waals surface area contributed by atoms with E-state index in [1.807, 2.05) is 26.1 Å². The lowest BCUT2D eigenvalue weighted by molar-refractivity contribution is 0.0468. The van der Waals surface area contributed by atoms with Gasteiger partial charge in [0.2, 0.25) is 0 Å². The van der Waals surface area contributed by atoms with Crippen LogP contribution in [0.15, 0.2) is 12.3 Å². The van der Waals surface area contributed by atoms with Crippen molar-refractivity contribution in [1.82, 2.24) is 4.57 Å². The van der Waals surface area contributed by atoms with Gasteiger partial charge in [0, 0.05) is 11.6 Å². The number of aromatic nitrogens is 1. The number of nitrogens with two attached hydrogens (primary N) is 1. The van der Waals surface area contributed by atoms with E-state index >= 15 is 0 Å². The maximum atomic E-state index is 9.67. The van der Waals surface area contributed by atoms with Crippen LogP contribution in [0, 0.1) is 0 Å². The van der Waals surface area contributed by atoms with E-state index in [0.717, 1.165) is 5.56 Å². The van der Waals surface area contributed by atoms with Gasteiger partial charge < -0.3 is 15.4 Å². The fourth-order valence-electron chi connectivity index (χ4n) is 1.56. The lowest BCUT2D eigenvalue weighted by atomic mass is 9.85. The topological polar surface area (TPSA) is 51.2 Å². The minimum absolute atomic E-state index is 0.164. The lowest BCUT2D eigenvalue weighted by Gasteiger charge is -2.28. The van der Waals surface area contributed by atoms with Gasteiger partial charge in [-0.05, 0) is 11.6 Å². The van der Waals surface area contributed by atoms with Crippen molar-refractivity contribution in [2.45, 2.75) is 25.5 Å². The van der Waals surface area contributed by atoms with Crippen LogP contribution in [0.2, 0.25) is 0 Å². The Hall–Kier alpha value is -0.960. The Morgan fingerprint density at radius 2 is 2.27 bits per heavy atom. The molecule has 11 heavy (non-hydrogen) atoms. The van der Waals surface area contributed by atoms with Crippen molar-refractivity contribution in [2.75, 3.05) is 5.73 Å². The number of nitrogens with zero attached hydrogens (tertiary/aromatic N) is 1. The number of rotatable bonds is 0. The summed E-state index contributed by atoms with van der Waals surface area (Å²) >= 11 is 0. The van der Waals surface area contributed by atoms with Crippen molar-refractivity contribution in [2.24, 2.45) is 0 Å². The zero-order valence-corrected chi connectivity index (χ0v) is 6.70. The Morgan fingerprint density at radius 3 is 2.64 bits per heavy atom. The first-order valence-electron chi connectivity index (χ1n) is 3.69. The summed E-state index contributed by atoms with van der Waals surface area (Å²) in [6, 6.07) is 1.91. The van der Waals surface area contributed by atoms with Crippen molar-refractivity contribution < 1.29 is 5.11 Å². The Balaban J connectivity index is 2.60. The Kier molecular flexibility index (Phi) is 0.986. The van der Waals surface area contributed by atoms with Gasteiger partial charge in [0.05, 0.1) is 0 Å². The number of hydrogen-bond acceptors (Lipinski definition) is 2. The molecule has 3 N–H and O–H groups in total. The van der Waals surface area contributed by atoms with Gasteiger partial charge in [-0.2, -0.15) is 0 Å². The third-order valence-corrected chi connectivity index (χ3v) is 2.53. The number of fused-ring (bicyclic) bond motifs is 2. The maximum absolute atomic E-state index is 9.67. The van der Waals surface area contributed by atoms with Gasteiger partial charge in [-0.15, -0.1) is 0 Å². The highest BCUT2D eigenvalue weighted by Crippen LogP contribution is 2.42. The molecule has 0 amide bonds.